The van der Waals surface area contributed by atoms with Crippen LogP contribution >= 0.6 is 0 Å². The Bertz CT molecular complexity index is 1520. The molecule has 0 spiro atoms. The summed E-state index contributed by atoms with van der Waals surface area (Å²) in [5, 5.41) is 2.79. The van der Waals surface area contributed by atoms with E-state index in [9.17, 15) is 9.59 Å². The Morgan fingerprint density at radius 2 is 1.76 bits per heavy atom. The second-order valence-corrected chi connectivity index (χ2v) is 8.98. The van der Waals surface area contributed by atoms with Crippen molar-refractivity contribution in [3.63, 3.8) is 0 Å². The summed E-state index contributed by atoms with van der Waals surface area (Å²) in [6.45, 7) is 0.266. The van der Waals surface area contributed by atoms with E-state index in [1.165, 1.54) is 4.57 Å². The number of para-hydroxylation sites is 3. The largest absolute Gasteiger partial charge is 0.486 e. The van der Waals surface area contributed by atoms with E-state index in [1.54, 1.807) is 18.2 Å². The van der Waals surface area contributed by atoms with E-state index in [2.05, 4.69) is 10.3 Å². The maximum atomic E-state index is 13.2. The van der Waals surface area contributed by atoms with Crippen LogP contribution in [0.2, 0.25) is 0 Å². The maximum absolute atomic E-state index is 13.2. The zero-order valence-electron chi connectivity index (χ0n) is 20.4. The van der Waals surface area contributed by atoms with Gasteiger partial charge in [-0.05, 0) is 29.8 Å². The van der Waals surface area contributed by atoms with Gasteiger partial charge >= 0.3 is 5.69 Å². The third-order valence-corrected chi connectivity index (χ3v) is 6.36. The van der Waals surface area contributed by atoms with Crippen molar-refractivity contribution in [2.75, 3.05) is 25.1 Å². The van der Waals surface area contributed by atoms with Crippen LogP contribution in [0.3, 0.4) is 0 Å². The lowest BCUT2D eigenvalue weighted by Crippen LogP contribution is -2.37. The van der Waals surface area contributed by atoms with Crippen molar-refractivity contribution in [1.29, 1.82) is 0 Å². The second-order valence-electron chi connectivity index (χ2n) is 8.98. The molecule has 1 aromatic heterocycles. The van der Waals surface area contributed by atoms with Crippen molar-refractivity contribution in [2.45, 2.75) is 18.8 Å². The van der Waals surface area contributed by atoms with Crippen molar-refractivity contribution in [3.05, 3.63) is 101 Å². The number of nitrogens with one attached hydrogen (secondary N) is 1. The number of ether oxygens (including phenoxy) is 4. The Hall–Kier alpha value is -4.63. The smallest absolute Gasteiger partial charge is 0.353 e. The zero-order chi connectivity index (χ0) is 25.9. The normalized spacial score (nSPS) is 17.2. The minimum Gasteiger partial charge on any atom is -0.486 e. The summed E-state index contributed by atoms with van der Waals surface area (Å²) in [6.07, 6.45) is -0.616. The summed E-state index contributed by atoms with van der Waals surface area (Å²) < 4.78 is 25.0. The number of nitrogens with zero attached hydrogens (tertiary/aromatic N) is 2. The lowest BCUT2D eigenvalue weighted by atomic mass is 9.97. The standard InChI is InChI=1S/C29H25N3O6/c33-26(30-20-9-2-1-3-10-20)18-37-28-14-19-8-4-5-11-22(19)23-15-27(31-29(34)32(23)28)36-17-21-16-35-24-12-6-7-13-25(24)38-21/h1-13,15,21,28H,14,16-18H2,(H,30,33). The monoisotopic (exact) mass is 511 g/mol. The van der Waals surface area contributed by atoms with E-state index in [1.807, 2.05) is 66.7 Å². The number of benzene rings is 3. The van der Waals surface area contributed by atoms with Gasteiger partial charge in [-0.2, -0.15) is 4.98 Å². The molecule has 3 aromatic carbocycles. The van der Waals surface area contributed by atoms with Gasteiger partial charge in [-0.1, -0.05) is 54.6 Å². The van der Waals surface area contributed by atoms with Gasteiger partial charge in [0.25, 0.3) is 0 Å². The molecule has 2 aliphatic heterocycles. The molecular weight excluding hydrogens is 486 g/mol. The molecule has 192 valence electrons. The number of amides is 1. The number of hydrogen-bond acceptors (Lipinski definition) is 7. The third kappa shape index (κ3) is 4.96. The first-order chi connectivity index (χ1) is 18.6. The minimum atomic E-state index is -0.693. The first kappa shape index (κ1) is 23.7. The molecule has 38 heavy (non-hydrogen) atoms. The van der Waals surface area contributed by atoms with Crippen LogP contribution in [0.5, 0.6) is 17.4 Å². The van der Waals surface area contributed by atoms with Crippen molar-refractivity contribution in [3.8, 4) is 28.6 Å². The third-order valence-electron chi connectivity index (χ3n) is 6.36. The number of fused-ring (bicyclic) bond motifs is 4. The van der Waals surface area contributed by atoms with Gasteiger partial charge in [0, 0.05) is 23.7 Å². The fourth-order valence-corrected chi connectivity index (χ4v) is 4.60. The summed E-state index contributed by atoms with van der Waals surface area (Å²) in [5.74, 6) is 1.21. The van der Waals surface area contributed by atoms with Crippen LogP contribution in [0.1, 0.15) is 11.8 Å². The van der Waals surface area contributed by atoms with Gasteiger partial charge in [0.05, 0.1) is 5.69 Å². The van der Waals surface area contributed by atoms with Crippen molar-refractivity contribution >= 4 is 11.6 Å². The van der Waals surface area contributed by atoms with E-state index in [0.29, 0.717) is 35.9 Å². The lowest BCUT2D eigenvalue weighted by molar-refractivity contribution is -0.124. The quantitative estimate of drug-likeness (QED) is 0.402. The molecule has 4 aromatic rings. The number of anilines is 1. The molecule has 0 fully saturated rings. The van der Waals surface area contributed by atoms with Crippen LogP contribution in [0.4, 0.5) is 5.69 Å². The highest BCUT2D eigenvalue weighted by Crippen LogP contribution is 2.35. The summed E-state index contributed by atoms with van der Waals surface area (Å²) in [6, 6.07) is 26.1. The second kappa shape index (κ2) is 10.4. The van der Waals surface area contributed by atoms with Gasteiger partial charge < -0.3 is 24.3 Å². The average Bonchev–Trinajstić information content (AvgIpc) is 2.95. The van der Waals surface area contributed by atoms with Gasteiger partial charge in [0.1, 0.15) is 26.0 Å². The molecule has 3 heterocycles. The number of aromatic nitrogens is 2. The topological polar surface area (TPSA) is 101 Å². The Morgan fingerprint density at radius 3 is 2.63 bits per heavy atom. The first-order valence-corrected chi connectivity index (χ1v) is 12.3. The van der Waals surface area contributed by atoms with Crippen LogP contribution < -0.4 is 25.2 Å². The van der Waals surface area contributed by atoms with Gasteiger partial charge in [0.15, 0.2) is 17.6 Å². The molecule has 2 unspecified atom stereocenters. The molecule has 0 radical (unpaired) electrons. The first-order valence-electron chi connectivity index (χ1n) is 12.3. The van der Waals surface area contributed by atoms with E-state index in [4.69, 9.17) is 18.9 Å². The number of hydrogen-bond donors (Lipinski definition) is 1. The predicted molar refractivity (Wildman–Crippen MR) is 140 cm³/mol. The van der Waals surface area contributed by atoms with Crippen LogP contribution in [0.25, 0.3) is 11.3 Å². The zero-order valence-corrected chi connectivity index (χ0v) is 20.4. The predicted octanol–water partition coefficient (Wildman–Crippen LogP) is 3.84. The van der Waals surface area contributed by atoms with Gasteiger partial charge in [-0.15, -0.1) is 0 Å². The van der Waals surface area contributed by atoms with E-state index >= 15 is 0 Å². The van der Waals surface area contributed by atoms with Crippen molar-refractivity contribution in [2.24, 2.45) is 0 Å². The summed E-state index contributed by atoms with van der Waals surface area (Å²) in [5.41, 5.74) is 2.65. The molecule has 6 rings (SSSR count). The molecule has 2 aliphatic rings. The van der Waals surface area contributed by atoms with E-state index in [0.717, 1.165) is 11.1 Å². The minimum absolute atomic E-state index is 0.158. The highest BCUT2D eigenvalue weighted by Gasteiger charge is 2.28. The fraction of sp³-hybridized carbons (Fsp3) is 0.207. The molecule has 0 aliphatic carbocycles. The average molecular weight is 512 g/mol. The van der Waals surface area contributed by atoms with Crippen LogP contribution in [-0.2, 0) is 16.0 Å². The highest BCUT2D eigenvalue weighted by atomic mass is 16.6. The lowest BCUT2D eigenvalue weighted by Gasteiger charge is -2.29. The Labute approximate surface area is 218 Å². The molecule has 2 atom stereocenters. The molecule has 0 saturated carbocycles. The molecule has 0 saturated heterocycles. The van der Waals surface area contributed by atoms with Gasteiger partial charge in [-0.25, -0.2) is 4.79 Å². The molecule has 1 amide bonds. The Morgan fingerprint density at radius 1 is 1.00 bits per heavy atom. The van der Waals surface area contributed by atoms with Crippen LogP contribution in [0.15, 0.2) is 89.7 Å². The summed E-state index contributed by atoms with van der Waals surface area (Å²) >= 11 is 0. The van der Waals surface area contributed by atoms with E-state index < -0.39 is 11.9 Å². The fourth-order valence-electron chi connectivity index (χ4n) is 4.60. The van der Waals surface area contributed by atoms with Gasteiger partial charge in [0.2, 0.25) is 11.8 Å². The number of carbonyl (C=O) groups excluding carboxylic acids is 1. The van der Waals surface area contributed by atoms with Crippen molar-refractivity contribution < 1.29 is 23.7 Å². The summed E-state index contributed by atoms with van der Waals surface area (Å²) in [7, 11) is 0. The maximum Gasteiger partial charge on any atom is 0.353 e. The summed E-state index contributed by atoms with van der Waals surface area (Å²) in [4.78, 5) is 29.8. The van der Waals surface area contributed by atoms with Crippen molar-refractivity contribution in [1.82, 2.24) is 9.55 Å². The molecule has 9 heteroatoms. The van der Waals surface area contributed by atoms with Crippen LogP contribution in [0, 0.1) is 0 Å². The SMILES string of the molecule is O=C(COC1Cc2ccccc2-c2cc(OCC3COc4ccccc4O3)nc(=O)n21)Nc1ccccc1. The molecule has 9 nitrogen and oxygen atoms in total. The van der Waals surface area contributed by atoms with E-state index in [-0.39, 0.29) is 31.1 Å². The molecule has 0 bridgehead atoms. The number of rotatable bonds is 7. The van der Waals surface area contributed by atoms with Gasteiger partial charge in [-0.3, -0.25) is 9.36 Å². The molecular formula is C29H25N3O6. The Kier molecular flexibility index (Phi) is 6.49. The molecule has 1 N–H and O–H groups in total. The van der Waals surface area contributed by atoms with Crippen LogP contribution in [-0.4, -0.2) is 41.4 Å². The highest BCUT2D eigenvalue weighted by molar-refractivity contribution is 5.91. The Balaban J connectivity index is 1.19. The number of carbonyl (C=O) groups is 1.